The fourth-order valence-corrected chi connectivity index (χ4v) is 0.340. The molecule has 0 bridgehead atoms. The minimum atomic E-state index is 0. The Hall–Kier alpha value is 0.129. The molecule has 0 aromatic carbocycles. The first kappa shape index (κ1) is 10.2. The molecule has 1 aliphatic carbocycles. The standard InChI is InChI=1S/C5H5.CH3.Ir/c1-2-4-5-3-1;;/h1-3H,4H2;1H3;/q2*-1;. The van der Waals surface area contributed by atoms with Crippen LogP contribution in [0.3, 0.4) is 0 Å². The van der Waals surface area contributed by atoms with E-state index in [-0.39, 0.29) is 27.5 Å². The Morgan fingerprint density at radius 2 is 2.14 bits per heavy atom. The van der Waals surface area contributed by atoms with Crippen LogP contribution in [0.2, 0.25) is 0 Å². The van der Waals surface area contributed by atoms with Gasteiger partial charge in [-0.2, -0.15) is 6.08 Å². The zero-order valence-corrected chi connectivity index (χ0v) is 6.67. The van der Waals surface area contributed by atoms with E-state index in [9.17, 15) is 0 Å². The van der Waals surface area contributed by atoms with Gasteiger partial charge in [-0.25, -0.2) is 12.2 Å². The predicted octanol–water partition coefficient (Wildman–Crippen LogP) is 1.75. The molecular formula is C6H8Ir-2. The third-order valence-electron chi connectivity index (χ3n) is 0.586. The molecule has 0 aliphatic heterocycles. The first-order valence-electron chi connectivity index (χ1n) is 1.72. The smallest absolute Gasteiger partial charge is 0 e. The molecule has 0 unspecified atom stereocenters. The molecule has 0 spiro atoms. The normalized spacial score (nSPS) is 12.6. The molecule has 1 aliphatic rings. The first-order chi connectivity index (χ1) is 2.50. The zero-order valence-electron chi connectivity index (χ0n) is 4.27. The Bertz CT molecular complexity index is 62.2. The van der Waals surface area contributed by atoms with Crippen LogP contribution in [0.15, 0.2) is 18.2 Å². The molecule has 1 heteroatoms. The van der Waals surface area contributed by atoms with E-state index in [0.717, 1.165) is 6.42 Å². The summed E-state index contributed by atoms with van der Waals surface area (Å²) in [4.78, 5) is 0. The maximum Gasteiger partial charge on any atom is 0 e. The molecular weight excluding hydrogens is 264 g/mol. The van der Waals surface area contributed by atoms with Gasteiger partial charge in [0.25, 0.3) is 0 Å². The van der Waals surface area contributed by atoms with E-state index in [1.807, 2.05) is 12.2 Å². The summed E-state index contributed by atoms with van der Waals surface area (Å²) in [7, 11) is 0. The van der Waals surface area contributed by atoms with Gasteiger partial charge in [-0.1, -0.05) is 0 Å². The van der Waals surface area contributed by atoms with Crippen LogP contribution < -0.4 is 0 Å². The van der Waals surface area contributed by atoms with Crippen molar-refractivity contribution < 1.29 is 20.1 Å². The summed E-state index contributed by atoms with van der Waals surface area (Å²) in [6.07, 6.45) is 10.0. The topological polar surface area (TPSA) is 0 Å². The van der Waals surface area contributed by atoms with Gasteiger partial charge < -0.3 is 7.43 Å². The summed E-state index contributed by atoms with van der Waals surface area (Å²) in [6, 6.07) is 0. The van der Waals surface area contributed by atoms with Crippen LogP contribution in [-0.4, -0.2) is 0 Å². The summed E-state index contributed by atoms with van der Waals surface area (Å²) in [5.74, 6) is 0. The van der Waals surface area contributed by atoms with E-state index in [2.05, 4.69) is 12.2 Å². The van der Waals surface area contributed by atoms with Crippen LogP contribution in [0.5, 0.6) is 0 Å². The molecule has 0 fully saturated rings. The third-order valence-corrected chi connectivity index (χ3v) is 0.586. The first-order valence-corrected chi connectivity index (χ1v) is 1.72. The molecule has 1 radical (unpaired) electrons. The number of hydrogen-bond donors (Lipinski definition) is 0. The SMILES string of the molecule is [C-]1=CC=CC1.[CH3-].[Ir]. The number of hydrogen-bond acceptors (Lipinski definition) is 0. The molecule has 43 valence electrons. The Kier molecular flexibility index (Phi) is 8.91. The van der Waals surface area contributed by atoms with Gasteiger partial charge in [-0.15, -0.1) is 6.42 Å². The van der Waals surface area contributed by atoms with Crippen molar-refractivity contribution in [3.63, 3.8) is 0 Å². The van der Waals surface area contributed by atoms with Gasteiger partial charge in [0.2, 0.25) is 0 Å². The number of rotatable bonds is 0. The van der Waals surface area contributed by atoms with Gasteiger partial charge in [0.05, 0.1) is 0 Å². The molecule has 0 saturated heterocycles. The van der Waals surface area contributed by atoms with E-state index < -0.39 is 0 Å². The fourth-order valence-electron chi connectivity index (χ4n) is 0.340. The van der Waals surface area contributed by atoms with Crippen molar-refractivity contribution in [2.45, 2.75) is 6.42 Å². The fraction of sp³-hybridized carbons (Fsp3) is 0.167. The van der Waals surface area contributed by atoms with Crippen molar-refractivity contribution in [1.29, 1.82) is 0 Å². The van der Waals surface area contributed by atoms with Crippen LogP contribution >= 0.6 is 0 Å². The van der Waals surface area contributed by atoms with Crippen LogP contribution in [0.1, 0.15) is 6.42 Å². The largest absolute Gasteiger partial charge is 0.358 e. The Morgan fingerprint density at radius 1 is 1.43 bits per heavy atom. The second-order valence-corrected chi connectivity index (χ2v) is 1.00. The molecule has 0 aromatic heterocycles. The van der Waals surface area contributed by atoms with E-state index >= 15 is 0 Å². The molecule has 0 amide bonds. The van der Waals surface area contributed by atoms with Gasteiger partial charge in [0.15, 0.2) is 0 Å². The zero-order chi connectivity index (χ0) is 3.54. The Balaban J connectivity index is 0. The minimum Gasteiger partial charge on any atom is -0.358 e. The van der Waals surface area contributed by atoms with Gasteiger partial charge >= 0.3 is 0 Å². The molecule has 0 heterocycles. The van der Waals surface area contributed by atoms with E-state index in [0.29, 0.717) is 0 Å². The summed E-state index contributed by atoms with van der Waals surface area (Å²) in [6.45, 7) is 0. The maximum atomic E-state index is 2.99. The van der Waals surface area contributed by atoms with Crippen LogP contribution in [0, 0.1) is 13.5 Å². The summed E-state index contributed by atoms with van der Waals surface area (Å²) < 4.78 is 0. The maximum absolute atomic E-state index is 2.99. The van der Waals surface area contributed by atoms with Gasteiger partial charge in [0, 0.05) is 20.1 Å². The van der Waals surface area contributed by atoms with Crippen LogP contribution in [-0.2, 0) is 20.1 Å². The van der Waals surface area contributed by atoms with Gasteiger partial charge in [0.1, 0.15) is 0 Å². The summed E-state index contributed by atoms with van der Waals surface area (Å²) in [5.41, 5.74) is 0. The Morgan fingerprint density at radius 3 is 2.29 bits per heavy atom. The van der Waals surface area contributed by atoms with Crippen molar-refractivity contribution in [3.05, 3.63) is 31.7 Å². The van der Waals surface area contributed by atoms with Gasteiger partial charge in [-0.3, -0.25) is 6.08 Å². The van der Waals surface area contributed by atoms with Crippen molar-refractivity contribution in [2.75, 3.05) is 0 Å². The molecule has 0 nitrogen and oxygen atoms in total. The molecule has 7 heavy (non-hydrogen) atoms. The van der Waals surface area contributed by atoms with Crippen molar-refractivity contribution in [2.24, 2.45) is 0 Å². The monoisotopic (exact) mass is 273 g/mol. The average molecular weight is 272 g/mol. The second-order valence-electron chi connectivity index (χ2n) is 1.00. The average Bonchev–Trinajstić information content (AvgIpc) is 1.76. The summed E-state index contributed by atoms with van der Waals surface area (Å²) in [5, 5.41) is 0. The van der Waals surface area contributed by atoms with Crippen molar-refractivity contribution in [1.82, 2.24) is 0 Å². The van der Waals surface area contributed by atoms with Crippen LogP contribution in [0.25, 0.3) is 0 Å². The Labute approximate surface area is 58.7 Å². The van der Waals surface area contributed by atoms with Crippen molar-refractivity contribution in [3.8, 4) is 0 Å². The van der Waals surface area contributed by atoms with Crippen molar-refractivity contribution >= 4 is 0 Å². The van der Waals surface area contributed by atoms with E-state index in [1.165, 1.54) is 0 Å². The van der Waals surface area contributed by atoms with Gasteiger partial charge in [-0.05, 0) is 0 Å². The predicted molar refractivity (Wildman–Crippen MR) is 28.0 cm³/mol. The van der Waals surface area contributed by atoms with E-state index in [1.54, 1.807) is 0 Å². The molecule has 0 N–H and O–H groups in total. The summed E-state index contributed by atoms with van der Waals surface area (Å²) >= 11 is 0. The molecule has 0 aromatic rings. The third kappa shape index (κ3) is 3.97. The molecule has 0 saturated carbocycles. The van der Waals surface area contributed by atoms with Crippen LogP contribution in [0.4, 0.5) is 0 Å². The minimum absolute atomic E-state index is 0. The molecule has 1 rings (SSSR count). The number of allylic oxidation sites excluding steroid dienone is 4. The quantitative estimate of drug-likeness (QED) is 0.589. The second kappa shape index (κ2) is 6.13. The van der Waals surface area contributed by atoms with E-state index in [4.69, 9.17) is 0 Å². The molecule has 0 atom stereocenters.